The van der Waals surface area contributed by atoms with Gasteiger partial charge in [0.15, 0.2) is 0 Å². The average molecular weight is 273 g/mol. The maximum atomic E-state index is 5.82. The average Bonchev–Trinajstić information content (AvgIpc) is 2.63. The Morgan fingerprint density at radius 3 is 2.60 bits per heavy atom. The van der Waals surface area contributed by atoms with E-state index < -0.39 is 0 Å². The van der Waals surface area contributed by atoms with Gasteiger partial charge in [0.2, 0.25) is 0 Å². The largest absolute Gasteiger partial charge is 0.490 e. The van der Waals surface area contributed by atoms with Crippen LogP contribution in [0.15, 0.2) is 18.2 Å². The second-order valence-corrected chi connectivity index (χ2v) is 6.52. The summed E-state index contributed by atoms with van der Waals surface area (Å²) in [6, 6.07) is 7.33. The van der Waals surface area contributed by atoms with Gasteiger partial charge in [0.25, 0.3) is 0 Å². The molecule has 1 heterocycles. The van der Waals surface area contributed by atoms with Crippen LogP contribution in [0.25, 0.3) is 0 Å². The Balaban J connectivity index is 1.80. The van der Waals surface area contributed by atoms with Crippen LogP contribution in [-0.2, 0) is 6.42 Å². The lowest BCUT2D eigenvalue weighted by Gasteiger charge is -2.26. The minimum atomic E-state index is 0.339. The Kier molecular flexibility index (Phi) is 4.30. The molecule has 1 aromatic rings. The lowest BCUT2D eigenvalue weighted by molar-refractivity contribution is 0.254. The highest BCUT2D eigenvalue weighted by atomic mass is 16.5. The molecule has 3 rings (SSSR count). The zero-order valence-corrected chi connectivity index (χ0v) is 12.8. The number of rotatable bonds is 3. The van der Waals surface area contributed by atoms with Crippen molar-refractivity contribution in [2.75, 3.05) is 7.05 Å². The quantitative estimate of drug-likeness (QED) is 0.832. The van der Waals surface area contributed by atoms with Crippen molar-refractivity contribution >= 4 is 0 Å². The summed E-state index contributed by atoms with van der Waals surface area (Å²) in [5.41, 5.74) is 2.85. The van der Waals surface area contributed by atoms with Crippen molar-refractivity contribution in [3.63, 3.8) is 0 Å². The van der Waals surface area contributed by atoms with Crippen LogP contribution in [0.1, 0.15) is 62.6 Å². The molecule has 1 aromatic carbocycles. The van der Waals surface area contributed by atoms with Crippen LogP contribution >= 0.6 is 0 Å². The third kappa shape index (κ3) is 2.85. The van der Waals surface area contributed by atoms with E-state index in [2.05, 4.69) is 37.5 Å². The highest BCUT2D eigenvalue weighted by Gasteiger charge is 2.25. The topological polar surface area (TPSA) is 21.3 Å². The molecule has 1 N–H and O–H groups in total. The Labute approximate surface area is 122 Å². The molecule has 1 aliphatic heterocycles. The van der Waals surface area contributed by atoms with E-state index >= 15 is 0 Å². The summed E-state index contributed by atoms with van der Waals surface area (Å²) in [5.74, 6) is 1.89. The van der Waals surface area contributed by atoms with Crippen molar-refractivity contribution in [1.82, 2.24) is 5.32 Å². The van der Waals surface area contributed by atoms with Crippen LogP contribution in [0, 0.1) is 5.92 Å². The van der Waals surface area contributed by atoms with E-state index in [1.807, 2.05) is 0 Å². The van der Waals surface area contributed by atoms with E-state index in [0.29, 0.717) is 12.1 Å². The molecule has 0 amide bonds. The van der Waals surface area contributed by atoms with Gasteiger partial charge in [-0.05, 0) is 49.9 Å². The molecule has 110 valence electrons. The van der Waals surface area contributed by atoms with E-state index in [4.69, 9.17) is 4.74 Å². The van der Waals surface area contributed by atoms with Gasteiger partial charge in [-0.1, -0.05) is 37.8 Å². The molecule has 1 aliphatic carbocycles. The number of ether oxygens (including phenoxy) is 1. The summed E-state index contributed by atoms with van der Waals surface area (Å²) in [6.45, 7) is 2.15. The van der Waals surface area contributed by atoms with Crippen LogP contribution in [0.2, 0.25) is 0 Å². The molecule has 2 heteroatoms. The normalized spacial score (nSPS) is 24.8. The third-order valence-electron chi connectivity index (χ3n) is 4.96. The maximum Gasteiger partial charge on any atom is 0.123 e. The van der Waals surface area contributed by atoms with Crippen molar-refractivity contribution in [3.8, 4) is 5.75 Å². The van der Waals surface area contributed by atoms with Gasteiger partial charge in [-0.3, -0.25) is 0 Å². The lowest BCUT2D eigenvalue weighted by atomic mass is 9.86. The third-order valence-corrected chi connectivity index (χ3v) is 4.96. The number of fused-ring (bicyclic) bond motifs is 1. The number of benzene rings is 1. The molecule has 0 spiro atoms. The van der Waals surface area contributed by atoms with Crippen molar-refractivity contribution in [3.05, 3.63) is 29.3 Å². The molecular weight excluding hydrogens is 246 g/mol. The van der Waals surface area contributed by atoms with Gasteiger partial charge >= 0.3 is 0 Å². The van der Waals surface area contributed by atoms with Gasteiger partial charge in [0.1, 0.15) is 11.9 Å². The Hall–Kier alpha value is -1.02. The van der Waals surface area contributed by atoms with Crippen molar-refractivity contribution < 1.29 is 4.74 Å². The molecule has 2 atom stereocenters. The summed E-state index contributed by atoms with van der Waals surface area (Å²) in [4.78, 5) is 0. The summed E-state index contributed by atoms with van der Waals surface area (Å²) in [6.07, 6.45) is 9.77. The Bertz CT molecular complexity index is 449. The predicted molar refractivity (Wildman–Crippen MR) is 83.2 cm³/mol. The highest BCUT2D eigenvalue weighted by Crippen LogP contribution is 2.36. The molecule has 1 fully saturated rings. The summed E-state index contributed by atoms with van der Waals surface area (Å²) < 4.78 is 5.82. The first kappa shape index (κ1) is 13.9. The van der Waals surface area contributed by atoms with Crippen molar-refractivity contribution in [2.24, 2.45) is 5.92 Å². The van der Waals surface area contributed by atoms with Crippen molar-refractivity contribution in [1.29, 1.82) is 0 Å². The monoisotopic (exact) mass is 273 g/mol. The van der Waals surface area contributed by atoms with Crippen LogP contribution in [-0.4, -0.2) is 13.2 Å². The number of hydrogen-bond donors (Lipinski definition) is 1. The second kappa shape index (κ2) is 6.17. The second-order valence-electron chi connectivity index (χ2n) is 6.52. The SMILES string of the molecule is CNC(c1ccc2c(c1)CC(C)O2)C1CCCCCC1. The molecular formula is C18H27NO. The molecule has 0 aromatic heterocycles. The fourth-order valence-electron chi connectivity index (χ4n) is 3.95. The summed E-state index contributed by atoms with van der Waals surface area (Å²) in [5, 5.41) is 3.58. The van der Waals surface area contributed by atoms with Crippen LogP contribution < -0.4 is 10.1 Å². The molecule has 2 aliphatic rings. The van der Waals surface area contributed by atoms with Gasteiger partial charge < -0.3 is 10.1 Å². The molecule has 1 saturated carbocycles. The summed E-state index contributed by atoms with van der Waals surface area (Å²) in [7, 11) is 2.11. The molecule has 0 radical (unpaired) electrons. The lowest BCUT2D eigenvalue weighted by Crippen LogP contribution is -2.25. The number of nitrogens with one attached hydrogen (secondary N) is 1. The van der Waals surface area contributed by atoms with E-state index in [1.54, 1.807) is 0 Å². The van der Waals surface area contributed by atoms with Gasteiger partial charge in [-0.2, -0.15) is 0 Å². The molecule has 20 heavy (non-hydrogen) atoms. The zero-order valence-electron chi connectivity index (χ0n) is 12.8. The smallest absolute Gasteiger partial charge is 0.123 e. The van der Waals surface area contributed by atoms with Gasteiger partial charge in [-0.25, -0.2) is 0 Å². The van der Waals surface area contributed by atoms with E-state index in [1.165, 1.54) is 49.7 Å². The Morgan fingerprint density at radius 2 is 1.90 bits per heavy atom. The Morgan fingerprint density at radius 1 is 1.15 bits per heavy atom. The van der Waals surface area contributed by atoms with E-state index in [9.17, 15) is 0 Å². The standard InChI is InChI=1S/C18H27NO/c1-13-11-16-12-15(9-10-17(16)20-13)18(19-2)14-7-5-3-4-6-8-14/h9-10,12-14,18-19H,3-8,11H2,1-2H3. The van der Waals surface area contributed by atoms with E-state index in [0.717, 1.165) is 18.1 Å². The highest BCUT2D eigenvalue weighted by molar-refractivity contribution is 5.41. The van der Waals surface area contributed by atoms with Gasteiger partial charge in [-0.15, -0.1) is 0 Å². The van der Waals surface area contributed by atoms with Crippen LogP contribution in [0.5, 0.6) is 5.75 Å². The molecule has 0 bridgehead atoms. The predicted octanol–water partition coefficient (Wildman–Crippen LogP) is 4.24. The molecule has 0 saturated heterocycles. The fourth-order valence-corrected chi connectivity index (χ4v) is 3.95. The number of hydrogen-bond acceptors (Lipinski definition) is 2. The first-order valence-electron chi connectivity index (χ1n) is 8.24. The zero-order chi connectivity index (χ0) is 13.9. The van der Waals surface area contributed by atoms with E-state index in [-0.39, 0.29) is 0 Å². The summed E-state index contributed by atoms with van der Waals surface area (Å²) >= 11 is 0. The van der Waals surface area contributed by atoms with Crippen molar-refractivity contribution in [2.45, 2.75) is 64.0 Å². The first-order valence-corrected chi connectivity index (χ1v) is 8.24. The van der Waals surface area contributed by atoms with Crippen LogP contribution in [0.3, 0.4) is 0 Å². The fraction of sp³-hybridized carbons (Fsp3) is 0.667. The van der Waals surface area contributed by atoms with Gasteiger partial charge in [0, 0.05) is 12.5 Å². The maximum absolute atomic E-state index is 5.82. The van der Waals surface area contributed by atoms with Gasteiger partial charge in [0.05, 0.1) is 0 Å². The molecule has 2 unspecified atom stereocenters. The minimum Gasteiger partial charge on any atom is -0.490 e. The minimum absolute atomic E-state index is 0.339. The first-order chi connectivity index (χ1) is 9.78. The molecule has 2 nitrogen and oxygen atoms in total. The van der Waals surface area contributed by atoms with Crippen LogP contribution in [0.4, 0.5) is 0 Å².